The SMILES string of the molecule is O=C(Cn1cnc2c(oc3ccccc32)c1=O)NCC1CC1. The van der Waals surface area contributed by atoms with Gasteiger partial charge in [-0.3, -0.25) is 14.2 Å². The van der Waals surface area contributed by atoms with Crippen LogP contribution in [-0.4, -0.2) is 22.0 Å². The molecule has 0 saturated heterocycles. The molecule has 1 amide bonds. The van der Waals surface area contributed by atoms with Gasteiger partial charge in [0.1, 0.15) is 17.6 Å². The molecule has 4 rings (SSSR count). The molecule has 1 N–H and O–H groups in total. The molecule has 2 aromatic heterocycles. The van der Waals surface area contributed by atoms with Crippen LogP contribution in [0.1, 0.15) is 12.8 Å². The fourth-order valence-electron chi connectivity index (χ4n) is 2.52. The highest BCUT2D eigenvalue weighted by Gasteiger charge is 2.22. The number of rotatable bonds is 4. The van der Waals surface area contributed by atoms with E-state index in [1.807, 2.05) is 18.2 Å². The number of carbonyl (C=O) groups excluding carboxylic acids is 1. The molecule has 0 spiro atoms. The first kappa shape index (κ1) is 13.1. The van der Waals surface area contributed by atoms with Gasteiger partial charge in [-0.1, -0.05) is 12.1 Å². The number of hydrogen-bond acceptors (Lipinski definition) is 4. The number of aromatic nitrogens is 2. The van der Waals surface area contributed by atoms with Crippen LogP contribution in [0.4, 0.5) is 0 Å². The van der Waals surface area contributed by atoms with Crippen LogP contribution < -0.4 is 10.9 Å². The molecule has 1 aromatic carbocycles. The van der Waals surface area contributed by atoms with Crippen LogP contribution >= 0.6 is 0 Å². The van der Waals surface area contributed by atoms with Crippen LogP contribution in [0.3, 0.4) is 0 Å². The molecule has 1 aliphatic rings. The monoisotopic (exact) mass is 297 g/mol. The predicted octanol–water partition coefficient (Wildman–Crippen LogP) is 1.67. The maximum atomic E-state index is 12.4. The number of para-hydroxylation sites is 1. The van der Waals surface area contributed by atoms with E-state index in [9.17, 15) is 9.59 Å². The second kappa shape index (κ2) is 4.98. The highest BCUT2D eigenvalue weighted by molar-refractivity contribution is 6.01. The molecule has 0 unspecified atom stereocenters. The zero-order valence-corrected chi connectivity index (χ0v) is 11.9. The number of benzene rings is 1. The largest absolute Gasteiger partial charge is 0.448 e. The van der Waals surface area contributed by atoms with Gasteiger partial charge in [0.05, 0.1) is 6.33 Å². The minimum absolute atomic E-state index is 0.0362. The summed E-state index contributed by atoms with van der Waals surface area (Å²) in [6.07, 6.45) is 3.75. The summed E-state index contributed by atoms with van der Waals surface area (Å²) >= 11 is 0. The van der Waals surface area contributed by atoms with E-state index in [2.05, 4.69) is 10.3 Å². The Hall–Kier alpha value is -2.63. The Morgan fingerprint density at radius 2 is 2.18 bits per heavy atom. The molecule has 0 bridgehead atoms. The summed E-state index contributed by atoms with van der Waals surface area (Å²) in [4.78, 5) is 28.6. The lowest BCUT2D eigenvalue weighted by Crippen LogP contribution is -2.33. The predicted molar refractivity (Wildman–Crippen MR) is 81.5 cm³/mol. The van der Waals surface area contributed by atoms with E-state index < -0.39 is 0 Å². The first-order chi connectivity index (χ1) is 10.7. The molecule has 3 aromatic rings. The lowest BCUT2D eigenvalue weighted by molar-refractivity contribution is -0.121. The van der Waals surface area contributed by atoms with Crippen LogP contribution in [0.25, 0.3) is 22.1 Å². The second-order valence-electron chi connectivity index (χ2n) is 5.70. The van der Waals surface area contributed by atoms with Gasteiger partial charge in [-0.05, 0) is 30.9 Å². The van der Waals surface area contributed by atoms with Gasteiger partial charge in [0, 0.05) is 11.9 Å². The minimum Gasteiger partial charge on any atom is -0.448 e. The molecule has 0 atom stereocenters. The van der Waals surface area contributed by atoms with Crippen molar-refractivity contribution < 1.29 is 9.21 Å². The van der Waals surface area contributed by atoms with Gasteiger partial charge in [0.2, 0.25) is 11.5 Å². The standard InChI is InChI=1S/C16H15N3O3/c20-13(17-7-10-5-6-10)8-19-9-18-14-11-3-1-2-4-12(11)22-15(14)16(19)21/h1-4,9-10H,5-8H2,(H,17,20). The quantitative estimate of drug-likeness (QED) is 0.794. The van der Waals surface area contributed by atoms with Crippen molar-refractivity contribution in [2.45, 2.75) is 19.4 Å². The van der Waals surface area contributed by atoms with Crippen LogP contribution in [0.5, 0.6) is 0 Å². The summed E-state index contributed by atoms with van der Waals surface area (Å²) in [5, 5.41) is 3.64. The van der Waals surface area contributed by atoms with Crippen molar-refractivity contribution in [2.75, 3.05) is 6.54 Å². The third kappa shape index (κ3) is 2.26. The molecule has 1 aliphatic carbocycles. The molecular weight excluding hydrogens is 282 g/mol. The number of nitrogens with zero attached hydrogens (tertiary/aromatic N) is 2. The van der Waals surface area contributed by atoms with E-state index in [1.165, 1.54) is 23.7 Å². The lowest BCUT2D eigenvalue weighted by Gasteiger charge is -2.05. The number of nitrogens with one attached hydrogen (secondary N) is 1. The van der Waals surface area contributed by atoms with Crippen molar-refractivity contribution >= 4 is 28.0 Å². The smallest absolute Gasteiger partial charge is 0.297 e. The van der Waals surface area contributed by atoms with E-state index in [-0.39, 0.29) is 23.6 Å². The fourth-order valence-corrected chi connectivity index (χ4v) is 2.52. The van der Waals surface area contributed by atoms with Gasteiger partial charge in [0.25, 0.3) is 5.56 Å². The van der Waals surface area contributed by atoms with Crippen molar-refractivity contribution in [1.29, 1.82) is 0 Å². The van der Waals surface area contributed by atoms with Crippen LogP contribution in [0, 0.1) is 5.92 Å². The normalized spacial score (nSPS) is 14.5. The summed E-state index contributed by atoms with van der Waals surface area (Å²) in [6, 6.07) is 7.37. The molecule has 0 aliphatic heterocycles. The Kier molecular flexibility index (Phi) is 2.96. The van der Waals surface area contributed by atoms with Crippen molar-refractivity contribution in [3.63, 3.8) is 0 Å². The number of carbonyl (C=O) groups is 1. The highest BCUT2D eigenvalue weighted by Crippen LogP contribution is 2.27. The molecule has 112 valence electrons. The first-order valence-electron chi connectivity index (χ1n) is 7.36. The van der Waals surface area contributed by atoms with Gasteiger partial charge in [-0.15, -0.1) is 0 Å². The molecule has 1 saturated carbocycles. The van der Waals surface area contributed by atoms with E-state index >= 15 is 0 Å². The summed E-state index contributed by atoms with van der Waals surface area (Å²) in [7, 11) is 0. The zero-order chi connectivity index (χ0) is 15.1. The average Bonchev–Trinajstić information content (AvgIpc) is 3.28. The van der Waals surface area contributed by atoms with E-state index in [1.54, 1.807) is 6.07 Å². The number of amides is 1. The minimum atomic E-state index is -0.331. The summed E-state index contributed by atoms with van der Waals surface area (Å²) in [6.45, 7) is 0.652. The van der Waals surface area contributed by atoms with Gasteiger partial charge in [-0.2, -0.15) is 0 Å². The fraction of sp³-hybridized carbons (Fsp3) is 0.312. The lowest BCUT2D eigenvalue weighted by atomic mass is 10.2. The second-order valence-corrected chi connectivity index (χ2v) is 5.70. The van der Waals surface area contributed by atoms with Crippen LogP contribution in [0.2, 0.25) is 0 Å². The Labute approximate surface area is 125 Å². The molecule has 6 nitrogen and oxygen atoms in total. The molecule has 6 heteroatoms. The zero-order valence-electron chi connectivity index (χ0n) is 11.9. The highest BCUT2D eigenvalue weighted by atomic mass is 16.3. The summed E-state index contributed by atoms with van der Waals surface area (Å²) < 4.78 is 6.87. The van der Waals surface area contributed by atoms with Crippen molar-refractivity contribution in [1.82, 2.24) is 14.9 Å². The molecule has 22 heavy (non-hydrogen) atoms. The van der Waals surface area contributed by atoms with Crippen molar-refractivity contribution in [2.24, 2.45) is 5.92 Å². The van der Waals surface area contributed by atoms with Gasteiger partial charge in [0.15, 0.2) is 0 Å². The number of hydrogen-bond donors (Lipinski definition) is 1. The van der Waals surface area contributed by atoms with E-state index in [4.69, 9.17) is 4.42 Å². The maximum absolute atomic E-state index is 12.4. The summed E-state index contributed by atoms with van der Waals surface area (Å²) in [5.74, 6) is 0.433. The first-order valence-corrected chi connectivity index (χ1v) is 7.36. The van der Waals surface area contributed by atoms with E-state index in [0.717, 1.165) is 5.39 Å². The van der Waals surface area contributed by atoms with Crippen molar-refractivity contribution in [3.05, 3.63) is 40.9 Å². The van der Waals surface area contributed by atoms with Gasteiger partial charge >= 0.3 is 0 Å². The maximum Gasteiger partial charge on any atom is 0.297 e. The Bertz CT molecular complexity index is 921. The number of fused-ring (bicyclic) bond motifs is 3. The van der Waals surface area contributed by atoms with Gasteiger partial charge < -0.3 is 9.73 Å². The average molecular weight is 297 g/mol. The molecule has 2 heterocycles. The Morgan fingerprint density at radius 1 is 1.36 bits per heavy atom. The molecule has 1 fully saturated rings. The van der Waals surface area contributed by atoms with Gasteiger partial charge in [-0.25, -0.2) is 4.98 Å². The molecule has 0 radical (unpaired) electrons. The third-order valence-electron chi connectivity index (χ3n) is 3.95. The third-order valence-corrected chi connectivity index (χ3v) is 3.95. The topological polar surface area (TPSA) is 77.1 Å². The van der Waals surface area contributed by atoms with E-state index in [0.29, 0.717) is 23.6 Å². The Morgan fingerprint density at radius 3 is 3.00 bits per heavy atom. The van der Waals surface area contributed by atoms with Crippen LogP contribution in [0.15, 0.2) is 39.8 Å². The Balaban J connectivity index is 1.66. The van der Waals surface area contributed by atoms with Crippen molar-refractivity contribution in [3.8, 4) is 0 Å². The van der Waals surface area contributed by atoms with Crippen LogP contribution in [-0.2, 0) is 11.3 Å². The summed E-state index contributed by atoms with van der Waals surface area (Å²) in [5.41, 5.74) is 1.02. The molecular formula is C16H15N3O3. The number of furan rings is 1.